The molecule has 3 aromatic carbocycles. The molecule has 0 saturated carbocycles. The van der Waals surface area contributed by atoms with Crippen molar-refractivity contribution in [2.24, 2.45) is 0 Å². The number of hydrogen-bond donors (Lipinski definition) is 0. The SMILES string of the molecule is COc1ccc([N+](=O)[O-])cc1S(=O)(=O)N1CCN(C(c2ccccc2)c2ccccc2)CC1. The summed E-state index contributed by atoms with van der Waals surface area (Å²) in [6.07, 6.45) is 0. The highest BCUT2D eigenvalue weighted by atomic mass is 32.2. The van der Waals surface area contributed by atoms with Gasteiger partial charge in [0.1, 0.15) is 10.6 Å². The molecule has 0 atom stereocenters. The number of nitrogens with zero attached hydrogens (tertiary/aromatic N) is 3. The van der Waals surface area contributed by atoms with Gasteiger partial charge in [-0.25, -0.2) is 8.42 Å². The van der Waals surface area contributed by atoms with Crippen LogP contribution >= 0.6 is 0 Å². The van der Waals surface area contributed by atoms with Crippen molar-refractivity contribution in [1.82, 2.24) is 9.21 Å². The standard InChI is InChI=1S/C24H25N3O5S/c1-32-22-13-12-21(27(28)29)18-23(22)33(30,31)26-16-14-25(15-17-26)24(19-8-4-2-5-9-19)20-10-6-3-7-11-20/h2-13,18,24H,14-17H2,1H3. The predicted molar refractivity (Wildman–Crippen MR) is 125 cm³/mol. The van der Waals surface area contributed by atoms with Gasteiger partial charge in [-0.2, -0.15) is 4.31 Å². The number of rotatable bonds is 7. The van der Waals surface area contributed by atoms with Crippen molar-refractivity contribution in [3.05, 3.63) is 100 Å². The summed E-state index contributed by atoms with van der Waals surface area (Å²) in [6, 6.07) is 23.9. The minimum atomic E-state index is -3.96. The molecule has 0 aliphatic carbocycles. The maximum atomic E-state index is 13.4. The zero-order valence-electron chi connectivity index (χ0n) is 18.2. The average Bonchev–Trinajstić information content (AvgIpc) is 2.85. The van der Waals surface area contributed by atoms with Gasteiger partial charge in [0.15, 0.2) is 0 Å². The van der Waals surface area contributed by atoms with Crippen molar-refractivity contribution < 1.29 is 18.1 Å². The van der Waals surface area contributed by atoms with E-state index in [0.717, 1.165) is 17.2 Å². The summed E-state index contributed by atoms with van der Waals surface area (Å²) in [5.74, 6) is 0.0921. The number of nitro benzene ring substituents is 1. The van der Waals surface area contributed by atoms with Gasteiger partial charge in [0.25, 0.3) is 5.69 Å². The number of sulfonamides is 1. The van der Waals surface area contributed by atoms with Crippen molar-refractivity contribution in [2.75, 3.05) is 33.3 Å². The smallest absolute Gasteiger partial charge is 0.271 e. The molecular weight excluding hydrogens is 442 g/mol. The first-order chi connectivity index (χ1) is 15.9. The fourth-order valence-corrected chi connectivity index (χ4v) is 5.80. The molecule has 0 amide bonds. The maximum absolute atomic E-state index is 13.4. The molecular formula is C24H25N3O5S. The van der Waals surface area contributed by atoms with Crippen LogP contribution in [0.1, 0.15) is 17.2 Å². The number of nitro groups is 1. The lowest BCUT2D eigenvalue weighted by Gasteiger charge is -2.39. The Bertz CT molecular complexity index is 1170. The highest BCUT2D eigenvalue weighted by Gasteiger charge is 2.34. The molecule has 0 bridgehead atoms. The number of ether oxygens (including phenoxy) is 1. The summed E-state index contributed by atoms with van der Waals surface area (Å²) in [5, 5.41) is 11.2. The topological polar surface area (TPSA) is 93.0 Å². The Labute approximate surface area is 193 Å². The fourth-order valence-electron chi connectivity index (χ4n) is 4.21. The monoisotopic (exact) mass is 467 g/mol. The van der Waals surface area contributed by atoms with E-state index in [9.17, 15) is 18.5 Å². The Morgan fingerprint density at radius 3 is 1.91 bits per heavy atom. The molecule has 0 unspecified atom stereocenters. The van der Waals surface area contributed by atoms with Gasteiger partial charge in [-0.3, -0.25) is 15.0 Å². The first-order valence-corrected chi connectivity index (χ1v) is 12.0. The quantitative estimate of drug-likeness (QED) is 0.389. The molecule has 1 saturated heterocycles. The molecule has 1 heterocycles. The molecule has 172 valence electrons. The van der Waals surface area contributed by atoms with Crippen molar-refractivity contribution in [3.8, 4) is 5.75 Å². The van der Waals surface area contributed by atoms with Crippen LogP contribution in [0.3, 0.4) is 0 Å². The fraction of sp³-hybridized carbons (Fsp3) is 0.250. The summed E-state index contributed by atoms with van der Waals surface area (Å²) in [6.45, 7) is 1.57. The Morgan fingerprint density at radius 2 is 1.42 bits per heavy atom. The summed E-state index contributed by atoms with van der Waals surface area (Å²) >= 11 is 0. The maximum Gasteiger partial charge on any atom is 0.271 e. The van der Waals surface area contributed by atoms with Gasteiger partial charge in [0.2, 0.25) is 10.0 Å². The van der Waals surface area contributed by atoms with Crippen LogP contribution in [0, 0.1) is 10.1 Å². The van der Waals surface area contributed by atoms with Crippen LogP contribution in [-0.4, -0.2) is 55.8 Å². The average molecular weight is 468 g/mol. The van der Waals surface area contributed by atoms with Crippen molar-refractivity contribution in [1.29, 1.82) is 0 Å². The molecule has 1 aliphatic heterocycles. The molecule has 4 rings (SSSR count). The van der Waals surface area contributed by atoms with Gasteiger partial charge in [-0.15, -0.1) is 0 Å². The minimum Gasteiger partial charge on any atom is -0.495 e. The second-order valence-electron chi connectivity index (χ2n) is 7.76. The second kappa shape index (κ2) is 9.70. The van der Waals surface area contributed by atoms with Gasteiger partial charge in [0.05, 0.1) is 18.1 Å². The Balaban J connectivity index is 1.59. The predicted octanol–water partition coefficient (Wildman–Crippen LogP) is 3.70. The molecule has 0 N–H and O–H groups in total. The van der Waals surface area contributed by atoms with Gasteiger partial charge >= 0.3 is 0 Å². The van der Waals surface area contributed by atoms with Crippen LogP contribution < -0.4 is 4.74 Å². The van der Waals surface area contributed by atoms with Gasteiger partial charge in [0, 0.05) is 38.3 Å². The molecule has 0 radical (unpaired) electrons. The van der Waals surface area contributed by atoms with Gasteiger partial charge in [-0.1, -0.05) is 60.7 Å². The van der Waals surface area contributed by atoms with Gasteiger partial charge in [-0.05, 0) is 17.2 Å². The van der Waals surface area contributed by atoms with E-state index in [-0.39, 0.29) is 35.5 Å². The Morgan fingerprint density at radius 1 is 0.879 bits per heavy atom. The number of hydrogen-bond acceptors (Lipinski definition) is 6. The zero-order valence-corrected chi connectivity index (χ0v) is 19.0. The largest absolute Gasteiger partial charge is 0.495 e. The van der Waals surface area contributed by atoms with E-state index in [0.29, 0.717) is 13.1 Å². The van der Waals surface area contributed by atoms with E-state index < -0.39 is 14.9 Å². The first kappa shape index (κ1) is 22.9. The van der Waals surface area contributed by atoms with E-state index in [1.54, 1.807) is 0 Å². The van der Waals surface area contributed by atoms with Crippen molar-refractivity contribution in [3.63, 3.8) is 0 Å². The van der Waals surface area contributed by atoms with Crippen molar-refractivity contribution >= 4 is 15.7 Å². The molecule has 3 aromatic rings. The van der Waals surface area contributed by atoms with E-state index in [2.05, 4.69) is 29.2 Å². The van der Waals surface area contributed by atoms with E-state index in [4.69, 9.17) is 4.74 Å². The molecule has 0 spiro atoms. The lowest BCUT2D eigenvalue weighted by Crippen LogP contribution is -2.49. The van der Waals surface area contributed by atoms with Crippen LogP contribution in [0.5, 0.6) is 5.75 Å². The molecule has 0 aromatic heterocycles. The van der Waals surface area contributed by atoms with Crippen LogP contribution in [0.25, 0.3) is 0 Å². The van der Waals surface area contributed by atoms with Crippen LogP contribution in [0.15, 0.2) is 83.8 Å². The van der Waals surface area contributed by atoms with Gasteiger partial charge < -0.3 is 4.74 Å². The number of benzene rings is 3. The third kappa shape index (κ3) is 4.75. The van der Waals surface area contributed by atoms with Crippen LogP contribution in [-0.2, 0) is 10.0 Å². The van der Waals surface area contributed by atoms with E-state index >= 15 is 0 Å². The summed E-state index contributed by atoms with van der Waals surface area (Å²) in [4.78, 5) is 12.7. The Hall–Kier alpha value is -3.27. The molecule has 8 nitrogen and oxygen atoms in total. The summed E-state index contributed by atoms with van der Waals surface area (Å²) in [5.41, 5.74) is 1.99. The number of piperazine rings is 1. The highest BCUT2D eigenvalue weighted by Crippen LogP contribution is 2.33. The molecule has 33 heavy (non-hydrogen) atoms. The third-order valence-corrected chi connectivity index (χ3v) is 7.76. The first-order valence-electron chi connectivity index (χ1n) is 10.6. The van der Waals surface area contributed by atoms with Crippen LogP contribution in [0.2, 0.25) is 0 Å². The third-order valence-electron chi connectivity index (χ3n) is 5.84. The molecule has 1 fully saturated rings. The highest BCUT2D eigenvalue weighted by molar-refractivity contribution is 7.89. The molecule has 1 aliphatic rings. The Kier molecular flexibility index (Phi) is 6.73. The van der Waals surface area contributed by atoms with E-state index in [1.165, 1.54) is 23.5 Å². The van der Waals surface area contributed by atoms with Crippen LogP contribution in [0.4, 0.5) is 5.69 Å². The normalized spacial score (nSPS) is 15.5. The lowest BCUT2D eigenvalue weighted by atomic mass is 9.96. The minimum absolute atomic E-state index is 0.00426. The number of non-ortho nitro benzene ring substituents is 1. The number of methoxy groups -OCH3 is 1. The molecule has 9 heteroatoms. The zero-order chi connectivity index (χ0) is 23.4. The lowest BCUT2D eigenvalue weighted by molar-refractivity contribution is -0.385. The second-order valence-corrected chi connectivity index (χ2v) is 9.66. The summed E-state index contributed by atoms with van der Waals surface area (Å²) < 4.78 is 33.3. The van der Waals surface area contributed by atoms with E-state index in [1.807, 2.05) is 36.4 Å². The van der Waals surface area contributed by atoms with Crippen molar-refractivity contribution in [2.45, 2.75) is 10.9 Å². The summed E-state index contributed by atoms with van der Waals surface area (Å²) in [7, 11) is -2.61.